The number of ether oxygens (including phenoxy) is 1. The molecule has 1 fully saturated rings. The van der Waals surface area contributed by atoms with Gasteiger partial charge in [-0.3, -0.25) is 4.90 Å². The van der Waals surface area contributed by atoms with Crippen LogP contribution in [0.25, 0.3) is 0 Å². The lowest BCUT2D eigenvalue weighted by atomic mass is 10.2. The Hall–Kier alpha value is -1.41. The van der Waals surface area contributed by atoms with E-state index < -0.39 is 0 Å². The van der Waals surface area contributed by atoms with Crippen LogP contribution >= 0.6 is 31.9 Å². The first-order chi connectivity index (χ1) is 12.6. The first kappa shape index (κ1) is 19.4. The summed E-state index contributed by atoms with van der Waals surface area (Å²) in [5, 5.41) is 5.74. The van der Waals surface area contributed by atoms with Crippen molar-refractivity contribution in [3.8, 4) is 0 Å². The smallest absolute Gasteiger partial charge is 0.319 e. The number of morpholine rings is 1. The van der Waals surface area contributed by atoms with Crippen LogP contribution in [0.15, 0.2) is 57.5 Å². The molecule has 0 aliphatic carbocycles. The lowest BCUT2D eigenvalue weighted by Crippen LogP contribution is -2.47. The highest BCUT2D eigenvalue weighted by molar-refractivity contribution is 9.11. The van der Waals surface area contributed by atoms with Crippen molar-refractivity contribution in [1.82, 2.24) is 10.2 Å². The molecule has 0 bridgehead atoms. The summed E-state index contributed by atoms with van der Waals surface area (Å²) in [6.45, 7) is 3.76. The van der Waals surface area contributed by atoms with Gasteiger partial charge in [0, 0.05) is 35.1 Å². The summed E-state index contributed by atoms with van der Waals surface area (Å²) in [5.41, 5.74) is 2.01. The summed E-state index contributed by atoms with van der Waals surface area (Å²) in [6.07, 6.45) is -0.0100. The number of hydrogen-bond acceptors (Lipinski definition) is 3. The Balaban J connectivity index is 1.46. The van der Waals surface area contributed by atoms with E-state index in [1.807, 2.05) is 24.3 Å². The van der Waals surface area contributed by atoms with Gasteiger partial charge in [0.05, 0.1) is 18.4 Å². The molecule has 2 amide bonds. The minimum atomic E-state index is -0.243. The molecule has 0 spiro atoms. The van der Waals surface area contributed by atoms with Crippen LogP contribution in [-0.4, -0.2) is 43.3 Å². The number of hydrogen-bond donors (Lipinski definition) is 2. The number of carbonyl (C=O) groups excluding carboxylic acids is 1. The molecule has 0 saturated carbocycles. The van der Waals surface area contributed by atoms with E-state index in [1.165, 1.54) is 5.56 Å². The summed E-state index contributed by atoms with van der Waals surface area (Å²) in [6, 6.07) is 15.8. The Morgan fingerprint density at radius 1 is 1.19 bits per heavy atom. The molecule has 26 heavy (non-hydrogen) atoms. The Bertz CT molecular complexity index is 743. The third-order valence-electron chi connectivity index (χ3n) is 4.14. The number of nitrogens with zero attached hydrogens (tertiary/aromatic N) is 1. The number of halogens is 2. The van der Waals surface area contributed by atoms with E-state index in [0.29, 0.717) is 18.8 Å². The molecule has 2 N–H and O–H groups in total. The van der Waals surface area contributed by atoms with Crippen LogP contribution in [0.5, 0.6) is 0 Å². The molecular weight excluding hydrogens is 462 g/mol. The highest BCUT2D eigenvalue weighted by Gasteiger charge is 2.21. The lowest BCUT2D eigenvalue weighted by Gasteiger charge is -2.33. The highest BCUT2D eigenvalue weighted by atomic mass is 79.9. The van der Waals surface area contributed by atoms with Crippen molar-refractivity contribution in [1.29, 1.82) is 0 Å². The fraction of sp³-hybridized carbons (Fsp3) is 0.316. The van der Waals surface area contributed by atoms with Gasteiger partial charge >= 0.3 is 6.03 Å². The minimum absolute atomic E-state index is 0.0100. The molecule has 3 rings (SSSR count). The molecule has 1 aliphatic rings. The largest absolute Gasteiger partial charge is 0.374 e. The number of rotatable bonds is 5. The summed E-state index contributed by atoms with van der Waals surface area (Å²) >= 11 is 6.83. The predicted molar refractivity (Wildman–Crippen MR) is 110 cm³/mol. The third kappa shape index (κ3) is 5.81. The van der Waals surface area contributed by atoms with Gasteiger partial charge in [0.25, 0.3) is 0 Å². The van der Waals surface area contributed by atoms with Crippen LogP contribution in [0.3, 0.4) is 0 Å². The molecule has 2 aromatic carbocycles. The second-order valence-electron chi connectivity index (χ2n) is 6.17. The topological polar surface area (TPSA) is 53.6 Å². The molecule has 1 unspecified atom stereocenters. The second-order valence-corrected chi connectivity index (χ2v) is 7.94. The maximum Gasteiger partial charge on any atom is 0.319 e. The zero-order valence-corrected chi connectivity index (χ0v) is 17.4. The summed E-state index contributed by atoms with van der Waals surface area (Å²) < 4.78 is 7.53. The SMILES string of the molecule is O=C(NCC1CN(Cc2ccccc2)CCO1)Nc1cc(Br)ccc1Br. The third-order valence-corrected chi connectivity index (χ3v) is 5.32. The molecule has 5 nitrogen and oxygen atoms in total. The molecule has 1 aliphatic heterocycles. The normalized spacial score (nSPS) is 17.7. The Labute approximate surface area is 170 Å². The number of amides is 2. The summed E-state index contributed by atoms with van der Waals surface area (Å²) in [4.78, 5) is 14.5. The average Bonchev–Trinajstić information content (AvgIpc) is 2.64. The Kier molecular flexibility index (Phi) is 7.07. The van der Waals surface area contributed by atoms with Crippen LogP contribution in [0.4, 0.5) is 10.5 Å². The van der Waals surface area contributed by atoms with Crippen molar-refractivity contribution in [3.63, 3.8) is 0 Å². The maximum absolute atomic E-state index is 12.2. The summed E-state index contributed by atoms with van der Waals surface area (Å²) in [7, 11) is 0. The van der Waals surface area contributed by atoms with Gasteiger partial charge in [-0.2, -0.15) is 0 Å². The predicted octanol–water partition coefficient (Wildman–Crippen LogP) is 4.23. The standard InChI is InChI=1S/C19H21Br2N3O2/c20-15-6-7-17(21)18(10-15)23-19(25)22-11-16-13-24(8-9-26-16)12-14-4-2-1-3-5-14/h1-7,10,16H,8-9,11-13H2,(H2,22,23,25). The fourth-order valence-corrected chi connectivity index (χ4v) is 3.56. The number of carbonyl (C=O) groups is 1. The molecule has 1 saturated heterocycles. The van der Waals surface area contributed by atoms with Gasteiger partial charge in [0.2, 0.25) is 0 Å². The molecule has 0 radical (unpaired) electrons. The van der Waals surface area contributed by atoms with E-state index in [-0.39, 0.29) is 12.1 Å². The van der Waals surface area contributed by atoms with Gasteiger partial charge in [0.1, 0.15) is 0 Å². The van der Waals surface area contributed by atoms with Crippen molar-refractivity contribution < 1.29 is 9.53 Å². The number of urea groups is 1. The van der Waals surface area contributed by atoms with Gasteiger partial charge in [-0.1, -0.05) is 46.3 Å². The van der Waals surface area contributed by atoms with Crippen molar-refractivity contribution >= 4 is 43.6 Å². The highest BCUT2D eigenvalue weighted by Crippen LogP contribution is 2.26. The van der Waals surface area contributed by atoms with E-state index in [0.717, 1.165) is 28.6 Å². The average molecular weight is 483 g/mol. The molecule has 0 aromatic heterocycles. The monoisotopic (exact) mass is 481 g/mol. The minimum Gasteiger partial charge on any atom is -0.374 e. The van der Waals surface area contributed by atoms with Gasteiger partial charge in [-0.05, 0) is 39.7 Å². The molecule has 138 valence electrons. The van der Waals surface area contributed by atoms with E-state index in [2.05, 4.69) is 71.7 Å². The Morgan fingerprint density at radius 2 is 2.00 bits per heavy atom. The van der Waals surface area contributed by atoms with Gasteiger partial charge < -0.3 is 15.4 Å². The quantitative estimate of drug-likeness (QED) is 0.670. The van der Waals surface area contributed by atoms with E-state index >= 15 is 0 Å². The van der Waals surface area contributed by atoms with Crippen LogP contribution in [0.2, 0.25) is 0 Å². The van der Waals surface area contributed by atoms with Crippen molar-refractivity contribution in [2.45, 2.75) is 12.6 Å². The number of benzene rings is 2. The molecular formula is C19H21Br2N3O2. The lowest BCUT2D eigenvalue weighted by molar-refractivity contribution is -0.0285. The molecule has 1 heterocycles. The first-order valence-corrected chi connectivity index (χ1v) is 10.1. The van der Waals surface area contributed by atoms with E-state index in [9.17, 15) is 4.79 Å². The molecule has 7 heteroatoms. The van der Waals surface area contributed by atoms with Gasteiger partial charge in [0.15, 0.2) is 0 Å². The van der Waals surface area contributed by atoms with Crippen molar-refractivity contribution in [2.75, 3.05) is 31.6 Å². The Morgan fingerprint density at radius 3 is 2.81 bits per heavy atom. The molecule has 2 aromatic rings. The number of nitrogens with one attached hydrogen (secondary N) is 2. The second kappa shape index (κ2) is 9.50. The van der Waals surface area contributed by atoms with Crippen LogP contribution in [0.1, 0.15) is 5.56 Å². The van der Waals surface area contributed by atoms with Crippen molar-refractivity contribution in [2.24, 2.45) is 0 Å². The van der Waals surface area contributed by atoms with E-state index in [4.69, 9.17) is 4.74 Å². The van der Waals surface area contributed by atoms with Crippen molar-refractivity contribution in [3.05, 3.63) is 63.0 Å². The molecule has 1 atom stereocenters. The first-order valence-electron chi connectivity index (χ1n) is 8.48. The number of anilines is 1. The van der Waals surface area contributed by atoms with Gasteiger partial charge in [-0.15, -0.1) is 0 Å². The zero-order chi connectivity index (χ0) is 18.4. The zero-order valence-electron chi connectivity index (χ0n) is 14.3. The van der Waals surface area contributed by atoms with Crippen LogP contribution in [-0.2, 0) is 11.3 Å². The van der Waals surface area contributed by atoms with Crippen LogP contribution < -0.4 is 10.6 Å². The van der Waals surface area contributed by atoms with E-state index in [1.54, 1.807) is 0 Å². The summed E-state index contributed by atoms with van der Waals surface area (Å²) in [5.74, 6) is 0. The maximum atomic E-state index is 12.2. The van der Waals surface area contributed by atoms with Crippen LogP contribution in [0, 0.1) is 0 Å². The fourth-order valence-electron chi connectivity index (χ4n) is 2.86. The van der Waals surface area contributed by atoms with Gasteiger partial charge in [-0.25, -0.2) is 4.79 Å².